The van der Waals surface area contributed by atoms with Gasteiger partial charge in [0.15, 0.2) is 13.2 Å². The van der Waals surface area contributed by atoms with Gasteiger partial charge < -0.3 is 29.4 Å². The third-order valence-electron chi connectivity index (χ3n) is 12.3. The summed E-state index contributed by atoms with van der Waals surface area (Å²) in [5.74, 6) is 0.232. The van der Waals surface area contributed by atoms with Crippen molar-refractivity contribution in [3.05, 3.63) is 150 Å². The van der Waals surface area contributed by atoms with Crippen LogP contribution in [-0.2, 0) is 40.6 Å². The lowest BCUT2D eigenvalue weighted by atomic mass is 9.92. The zero-order valence-corrected chi connectivity index (χ0v) is 43.7. The van der Waals surface area contributed by atoms with Crippen molar-refractivity contribution in [3.8, 4) is 22.5 Å². The van der Waals surface area contributed by atoms with E-state index in [4.69, 9.17) is 13.9 Å². The smallest absolute Gasteiger partial charge is 0.456 e. The highest BCUT2D eigenvalue weighted by molar-refractivity contribution is 8.05. The summed E-state index contributed by atoms with van der Waals surface area (Å²) in [6.45, 7) is 24.4. The number of anilines is 1. The van der Waals surface area contributed by atoms with Crippen molar-refractivity contribution in [2.24, 2.45) is 0 Å². The first-order valence-electron chi connectivity index (χ1n) is 23.4. The van der Waals surface area contributed by atoms with E-state index < -0.39 is 53.7 Å². The number of carbonyl (C=O) groups is 2. The van der Waals surface area contributed by atoms with Crippen LogP contribution in [0.25, 0.3) is 44.6 Å². The normalized spacial score (nSPS) is 12.8. The van der Waals surface area contributed by atoms with Gasteiger partial charge in [0.1, 0.15) is 24.5 Å². The van der Waals surface area contributed by atoms with Crippen LogP contribution >= 0.6 is 0 Å². The van der Waals surface area contributed by atoms with E-state index in [0.717, 1.165) is 43.6 Å². The Labute approximate surface area is 424 Å². The molecule has 6 rings (SSSR count). The van der Waals surface area contributed by atoms with Crippen LogP contribution in [0.2, 0.25) is 0 Å². The van der Waals surface area contributed by atoms with Gasteiger partial charge in [-0.15, -0.1) is 0 Å². The molecule has 4 aromatic rings. The highest BCUT2D eigenvalue weighted by Crippen LogP contribution is 2.43. The van der Waals surface area contributed by atoms with Crippen LogP contribution in [0, 0.1) is 0 Å². The molecule has 2 aliphatic rings. The van der Waals surface area contributed by atoms with Gasteiger partial charge in [0.05, 0.1) is 28.6 Å². The molecule has 1 aliphatic carbocycles. The van der Waals surface area contributed by atoms with Crippen LogP contribution < -0.4 is 29.6 Å². The lowest BCUT2D eigenvalue weighted by Gasteiger charge is -2.28. The van der Waals surface area contributed by atoms with Crippen LogP contribution in [0.5, 0.6) is 0 Å². The molecule has 0 saturated carbocycles. The number of alkyl halides is 3. The molecule has 3 N–H and O–H groups in total. The van der Waals surface area contributed by atoms with Crippen LogP contribution in [0.15, 0.2) is 132 Å². The average Bonchev–Trinajstić information content (AvgIpc) is 3.32. The summed E-state index contributed by atoms with van der Waals surface area (Å²) < 4.78 is 113. The fourth-order valence-electron chi connectivity index (χ4n) is 8.21. The molecular weight excluding hydrogens is 984 g/mol. The minimum atomic E-state index is -6.35. The third kappa shape index (κ3) is 13.0. The number of alkyl carbamates (subject to hydrolysis) is 2. The number of ether oxygens (including phenoxy) is 2. The zero-order chi connectivity index (χ0) is 53.7. The second-order valence-electron chi connectivity index (χ2n) is 18.5. The Morgan fingerprint density at radius 2 is 1.29 bits per heavy atom. The van der Waals surface area contributed by atoms with E-state index in [1.54, 1.807) is 36.4 Å². The predicted octanol–water partition coefficient (Wildman–Crippen LogP) is 10.3. The first kappa shape index (κ1) is 55.4. The fraction of sp³-hybridized carbons (Fsp3) is 0.315. The molecule has 0 spiro atoms. The van der Waals surface area contributed by atoms with E-state index in [1.807, 2.05) is 113 Å². The van der Waals surface area contributed by atoms with Gasteiger partial charge in [-0.1, -0.05) is 83.0 Å². The Kier molecular flexibility index (Phi) is 16.7. The summed E-state index contributed by atoms with van der Waals surface area (Å²) >= 11 is 0. The third-order valence-corrected chi connectivity index (χ3v) is 15.6. The predicted molar refractivity (Wildman–Crippen MR) is 279 cm³/mol. The number of likely N-dealkylation sites (N-methyl/N-ethyl adjacent to an activating group) is 2. The number of sulfonamides is 2. The molecule has 0 unspecified atom stereocenters. The number of nitrogens with one attached hydrogen (secondary N) is 3. The molecule has 73 heavy (non-hydrogen) atoms. The lowest BCUT2D eigenvalue weighted by molar-refractivity contribution is -0.0441. The Hall–Kier alpha value is -6.96. The number of fused-ring (bicyclic) bond motifs is 2. The maximum atomic E-state index is 13.7. The van der Waals surface area contributed by atoms with Gasteiger partial charge in [0.25, 0.3) is 10.0 Å². The number of benzene rings is 5. The number of nitrogens with zero attached hydrogens (tertiary/aromatic N) is 2. The van der Waals surface area contributed by atoms with E-state index in [2.05, 4.69) is 23.8 Å². The molecule has 0 bridgehead atoms. The van der Waals surface area contributed by atoms with E-state index in [-0.39, 0.29) is 48.8 Å². The zero-order valence-electron chi connectivity index (χ0n) is 42.1. The first-order valence-corrected chi connectivity index (χ1v) is 26.3. The number of hydrogen-bond acceptors (Lipinski definition) is 10. The molecule has 0 saturated heterocycles. The minimum Gasteiger partial charge on any atom is -0.456 e. The van der Waals surface area contributed by atoms with E-state index in [0.29, 0.717) is 35.1 Å². The SMILES string of the molecule is C=C(C)c1cccc(C(C)(C)NC(=O)OCCN(CC)c2ccc3c(-c4ccccc4S(=O)(=O)NS(=O)(=O)C(F)(F)F)c4cc/c(=[N+](/CC)CCOC(=O)NC(C)(C)c5cccc(C(=C)C)c5)cc-4oc3c2)c1. The summed E-state index contributed by atoms with van der Waals surface area (Å²) in [4.78, 5) is 27.4. The van der Waals surface area contributed by atoms with Gasteiger partial charge in [-0.2, -0.15) is 13.2 Å². The first-order chi connectivity index (χ1) is 34.2. The van der Waals surface area contributed by atoms with Crippen LogP contribution in [-0.4, -0.2) is 73.9 Å². The van der Waals surface area contributed by atoms with Crippen LogP contribution in [0.3, 0.4) is 0 Å². The Bertz CT molecular complexity index is 3350. The molecule has 388 valence electrons. The molecule has 0 atom stereocenters. The topological polar surface area (TPSA) is 176 Å². The van der Waals surface area contributed by atoms with E-state index in [1.165, 1.54) is 18.2 Å². The number of amides is 2. The molecule has 19 heteroatoms. The monoisotopic (exact) mass is 1040 g/mol. The summed E-state index contributed by atoms with van der Waals surface area (Å²) in [7, 11) is -11.7. The molecule has 0 aromatic heterocycles. The van der Waals surface area contributed by atoms with Gasteiger partial charge in [-0.05, 0) is 114 Å². The Balaban J connectivity index is 1.35. The molecule has 2 amide bonds. The molecule has 0 fully saturated rings. The number of hydrogen-bond donors (Lipinski definition) is 3. The van der Waals surface area contributed by atoms with Gasteiger partial charge in [0.2, 0.25) is 5.36 Å². The van der Waals surface area contributed by atoms with Crippen molar-refractivity contribution in [2.75, 3.05) is 44.3 Å². The standard InChI is InChI=1S/C54H60F3N5O9S2/c1-11-61(27-29-69-50(63)58-52(7,8)39-19-15-17-37(31-39)35(3)4)41-23-25-43-46(33-41)71-47-34-42(62(12-2)28-30-70-51(64)59-53(9,10)40-20-16-18-38(32-40)36(5)6)24-26-44(47)49(43)45-21-13-14-22-48(45)72(65,66)60-73(67,68)54(55,56)57/h13-26,31-34,60H,3,5,11-12,27-30H2,1-2,4,6-10H3,(H-,58,59,63,64)/p+1. The molecule has 14 nitrogen and oxygen atoms in total. The Morgan fingerprint density at radius 1 is 0.712 bits per heavy atom. The largest absolute Gasteiger partial charge is 0.512 e. The minimum absolute atomic E-state index is 0.0125. The second kappa shape index (κ2) is 22.0. The lowest BCUT2D eigenvalue weighted by Crippen LogP contribution is -2.42. The maximum Gasteiger partial charge on any atom is 0.512 e. The average molecular weight is 1050 g/mol. The molecule has 0 radical (unpaired) electrons. The maximum absolute atomic E-state index is 13.7. The van der Waals surface area contributed by atoms with Gasteiger partial charge >= 0.3 is 27.7 Å². The number of allylic oxidation sites excluding steroid dienone is 2. The summed E-state index contributed by atoms with van der Waals surface area (Å²) in [5.41, 5.74) is -0.790. The molecular formula is C54H61F3N5O9S2+. The quantitative estimate of drug-likeness (QED) is 0.0523. The highest BCUT2D eigenvalue weighted by Gasteiger charge is 2.49. The van der Waals surface area contributed by atoms with E-state index in [9.17, 15) is 39.6 Å². The van der Waals surface area contributed by atoms with Gasteiger partial charge in [-0.3, -0.25) is 0 Å². The molecule has 4 aromatic carbocycles. The highest BCUT2D eigenvalue weighted by atomic mass is 32.3. The summed E-state index contributed by atoms with van der Waals surface area (Å²) in [5, 5.41) is 6.82. The summed E-state index contributed by atoms with van der Waals surface area (Å²) in [6.07, 6.45) is -1.26. The van der Waals surface area contributed by atoms with Crippen LogP contribution in [0.1, 0.15) is 77.6 Å². The van der Waals surface area contributed by atoms with Crippen molar-refractivity contribution in [3.63, 3.8) is 0 Å². The van der Waals surface area contributed by atoms with Crippen molar-refractivity contribution in [1.82, 2.24) is 19.3 Å². The van der Waals surface area contributed by atoms with Crippen molar-refractivity contribution in [2.45, 2.75) is 76.9 Å². The molecule has 1 heterocycles. The van der Waals surface area contributed by atoms with Crippen LogP contribution in [0.4, 0.5) is 28.4 Å². The van der Waals surface area contributed by atoms with Gasteiger partial charge in [-0.25, -0.2) is 31.0 Å². The fourth-order valence-corrected chi connectivity index (χ4v) is 10.8. The number of halogens is 3. The summed E-state index contributed by atoms with van der Waals surface area (Å²) in [6, 6.07) is 30.7. The number of rotatable bonds is 19. The number of carbonyl (C=O) groups excluding carboxylic acids is 2. The Morgan fingerprint density at radius 3 is 1.84 bits per heavy atom. The van der Waals surface area contributed by atoms with Crippen molar-refractivity contribution in [1.29, 1.82) is 0 Å². The second-order valence-corrected chi connectivity index (χ2v) is 22.1. The molecule has 1 aliphatic heterocycles. The van der Waals surface area contributed by atoms with E-state index >= 15 is 0 Å². The van der Waals surface area contributed by atoms with Gasteiger partial charge in [0, 0.05) is 46.4 Å². The van der Waals surface area contributed by atoms with Crippen molar-refractivity contribution < 1.29 is 53.5 Å². The van der Waals surface area contributed by atoms with Crippen molar-refractivity contribution >= 4 is 60.0 Å².